The van der Waals surface area contributed by atoms with E-state index in [0.29, 0.717) is 5.69 Å². The van der Waals surface area contributed by atoms with E-state index in [2.05, 4.69) is 4.98 Å². The molecule has 0 radical (unpaired) electrons. The van der Waals surface area contributed by atoms with Crippen molar-refractivity contribution in [3.05, 3.63) is 58.6 Å². The smallest absolute Gasteiger partial charge is 0.357 e. The first-order chi connectivity index (χ1) is 9.06. The number of nitrogens with zero attached hydrogens (tertiary/aromatic N) is 1. The molecule has 19 heavy (non-hydrogen) atoms. The lowest BCUT2D eigenvalue weighted by atomic mass is 10.2. The van der Waals surface area contributed by atoms with Crippen LogP contribution < -0.4 is 5.73 Å². The number of carbonyl (C=O) groups excluding carboxylic acids is 1. The van der Waals surface area contributed by atoms with Crippen molar-refractivity contribution in [1.82, 2.24) is 4.98 Å². The zero-order valence-electron chi connectivity index (χ0n) is 9.77. The molecule has 0 saturated heterocycles. The highest BCUT2D eigenvalue weighted by Gasteiger charge is 2.10. The van der Waals surface area contributed by atoms with Crippen molar-refractivity contribution in [2.75, 3.05) is 5.73 Å². The monoisotopic (exact) mass is 280 g/mol. The average Bonchev–Trinajstić information content (AvgIpc) is 2.38. The molecule has 1 heterocycles. The summed E-state index contributed by atoms with van der Waals surface area (Å²) in [4.78, 5) is 15.4. The molecule has 1 aromatic heterocycles. The number of nitrogens with two attached hydrogens (primary N) is 1. The second-order valence-corrected chi connectivity index (χ2v) is 4.23. The first-order valence-electron chi connectivity index (χ1n) is 5.39. The van der Waals surface area contributed by atoms with Crippen LogP contribution in [0.3, 0.4) is 0 Å². The Bertz CT molecular complexity index is 602. The Morgan fingerprint density at radius 1 is 1.37 bits per heavy atom. The Balaban J connectivity index is 2.02. The molecule has 6 heteroatoms. The maximum absolute atomic E-state index is 13.4. The van der Waals surface area contributed by atoms with Crippen LogP contribution in [0.15, 0.2) is 36.5 Å². The largest absolute Gasteiger partial charge is 0.456 e. The van der Waals surface area contributed by atoms with Crippen LogP contribution in [0.4, 0.5) is 10.1 Å². The Hall–Kier alpha value is -2.14. The van der Waals surface area contributed by atoms with Gasteiger partial charge in [0.1, 0.15) is 18.1 Å². The quantitative estimate of drug-likeness (QED) is 0.878. The van der Waals surface area contributed by atoms with Crippen molar-refractivity contribution in [3.8, 4) is 0 Å². The van der Waals surface area contributed by atoms with Crippen LogP contribution in [0.5, 0.6) is 0 Å². The van der Waals surface area contributed by atoms with Gasteiger partial charge in [0.2, 0.25) is 0 Å². The van der Waals surface area contributed by atoms with Crippen LogP contribution in [0.25, 0.3) is 0 Å². The number of hydrogen-bond donors (Lipinski definition) is 1. The van der Waals surface area contributed by atoms with Crippen molar-refractivity contribution in [2.45, 2.75) is 6.61 Å². The highest BCUT2D eigenvalue weighted by molar-refractivity contribution is 6.30. The summed E-state index contributed by atoms with van der Waals surface area (Å²) in [5.41, 5.74) is 6.25. The molecule has 0 unspecified atom stereocenters. The standard InChI is InChI=1S/C13H10ClFN2O2/c14-9-2-1-8(11(15)5-9)7-19-13(18)12-4-3-10(16)6-17-12/h1-6H,7,16H2. The van der Waals surface area contributed by atoms with Crippen molar-refractivity contribution < 1.29 is 13.9 Å². The van der Waals surface area contributed by atoms with Gasteiger partial charge in [0.25, 0.3) is 0 Å². The number of halogens is 2. The third-order valence-electron chi connectivity index (χ3n) is 2.37. The van der Waals surface area contributed by atoms with Crippen LogP contribution in [0.2, 0.25) is 5.02 Å². The molecule has 0 bridgehead atoms. The molecule has 0 amide bonds. The Morgan fingerprint density at radius 2 is 2.16 bits per heavy atom. The second-order valence-electron chi connectivity index (χ2n) is 3.79. The lowest BCUT2D eigenvalue weighted by Crippen LogP contribution is -2.08. The fraction of sp³-hybridized carbons (Fsp3) is 0.0769. The average molecular weight is 281 g/mol. The minimum atomic E-state index is -0.644. The highest BCUT2D eigenvalue weighted by atomic mass is 35.5. The number of rotatable bonds is 3. The predicted molar refractivity (Wildman–Crippen MR) is 69.2 cm³/mol. The van der Waals surface area contributed by atoms with Gasteiger partial charge >= 0.3 is 5.97 Å². The summed E-state index contributed by atoms with van der Waals surface area (Å²) in [6.45, 7) is -0.187. The number of hydrogen-bond acceptors (Lipinski definition) is 4. The fourth-order valence-corrected chi connectivity index (χ4v) is 1.54. The molecule has 0 aliphatic rings. The molecule has 0 aliphatic heterocycles. The lowest BCUT2D eigenvalue weighted by molar-refractivity contribution is 0.0462. The van der Waals surface area contributed by atoms with E-state index in [1.54, 1.807) is 0 Å². The Kier molecular flexibility index (Phi) is 3.97. The lowest BCUT2D eigenvalue weighted by Gasteiger charge is -2.06. The molecular weight excluding hydrogens is 271 g/mol. The second kappa shape index (κ2) is 5.67. The predicted octanol–water partition coefficient (Wildman–Crippen LogP) is 2.81. The summed E-state index contributed by atoms with van der Waals surface area (Å²) >= 11 is 5.62. The molecule has 1 aromatic carbocycles. The molecule has 4 nitrogen and oxygen atoms in total. The number of carbonyl (C=O) groups is 1. The third kappa shape index (κ3) is 3.42. The Labute approximate surface area is 114 Å². The van der Waals surface area contributed by atoms with Gasteiger partial charge in [0, 0.05) is 10.6 Å². The van der Waals surface area contributed by atoms with Crippen LogP contribution >= 0.6 is 11.6 Å². The number of aromatic nitrogens is 1. The molecule has 0 atom stereocenters. The molecule has 0 spiro atoms. The van der Waals surface area contributed by atoms with Crippen molar-refractivity contribution >= 4 is 23.3 Å². The molecule has 98 valence electrons. The Morgan fingerprint density at radius 3 is 2.79 bits per heavy atom. The molecule has 0 fully saturated rings. The number of nitrogen functional groups attached to an aromatic ring is 1. The van der Waals surface area contributed by atoms with Gasteiger partial charge in [-0.25, -0.2) is 14.2 Å². The van der Waals surface area contributed by atoms with E-state index < -0.39 is 11.8 Å². The number of ether oxygens (including phenoxy) is 1. The van der Waals surface area contributed by atoms with E-state index >= 15 is 0 Å². The van der Waals surface area contributed by atoms with Gasteiger partial charge in [0.15, 0.2) is 0 Å². The minimum Gasteiger partial charge on any atom is -0.456 e. The van der Waals surface area contributed by atoms with E-state index in [9.17, 15) is 9.18 Å². The summed E-state index contributed by atoms with van der Waals surface area (Å²) in [7, 11) is 0. The van der Waals surface area contributed by atoms with Crippen LogP contribution in [0.1, 0.15) is 16.1 Å². The summed E-state index contributed by atoms with van der Waals surface area (Å²) in [5, 5.41) is 0.285. The summed E-state index contributed by atoms with van der Waals surface area (Å²) < 4.78 is 18.4. The van der Waals surface area contributed by atoms with E-state index in [1.807, 2.05) is 0 Å². The highest BCUT2D eigenvalue weighted by Crippen LogP contribution is 2.15. The van der Waals surface area contributed by atoms with Gasteiger partial charge in [-0.05, 0) is 24.3 Å². The van der Waals surface area contributed by atoms with Crippen molar-refractivity contribution in [1.29, 1.82) is 0 Å². The van der Waals surface area contributed by atoms with Crippen LogP contribution in [-0.4, -0.2) is 11.0 Å². The number of anilines is 1. The summed E-state index contributed by atoms with van der Waals surface area (Å²) in [5.74, 6) is -1.17. The van der Waals surface area contributed by atoms with E-state index in [4.69, 9.17) is 22.1 Å². The maximum atomic E-state index is 13.4. The number of esters is 1. The van der Waals surface area contributed by atoms with E-state index in [1.165, 1.54) is 30.5 Å². The van der Waals surface area contributed by atoms with Gasteiger partial charge in [-0.3, -0.25) is 0 Å². The summed E-state index contributed by atoms with van der Waals surface area (Å²) in [6, 6.07) is 7.12. The van der Waals surface area contributed by atoms with Crippen molar-refractivity contribution in [3.63, 3.8) is 0 Å². The molecule has 2 aromatic rings. The first kappa shape index (κ1) is 13.3. The number of benzene rings is 1. The SMILES string of the molecule is Nc1ccc(C(=O)OCc2ccc(Cl)cc2F)nc1. The fourth-order valence-electron chi connectivity index (χ4n) is 1.38. The topological polar surface area (TPSA) is 65.2 Å². The molecule has 2 rings (SSSR count). The zero-order chi connectivity index (χ0) is 13.8. The van der Waals surface area contributed by atoms with Gasteiger partial charge in [-0.2, -0.15) is 0 Å². The molecule has 2 N–H and O–H groups in total. The van der Waals surface area contributed by atoms with E-state index in [-0.39, 0.29) is 22.9 Å². The molecule has 0 aliphatic carbocycles. The number of pyridine rings is 1. The summed E-state index contributed by atoms with van der Waals surface area (Å²) in [6.07, 6.45) is 1.35. The van der Waals surface area contributed by atoms with Gasteiger partial charge in [-0.15, -0.1) is 0 Å². The molecular formula is C13H10ClFN2O2. The van der Waals surface area contributed by atoms with Gasteiger partial charge in [0.05, 0.1) is 11.9 Å². The van der Waals surface area contributed by atoms with Gasteiger partial charge in [-0.1, -0.05) is 17.7 Å². The minimum absolute atomic E-state index is 0.114. The normalized spacial score (nSPS) is 10.2. The van der Waals surface area contributed by atoms with Crippen molar-refractivity contribution in [2.24, 2.45) is 0 Å². The van der Waals surface area contributed by atoms with Crippen LogP contribution in [0, 0.1) is 5.82 Å². The molecule has 0 saturated carbocycles. The maximum Gasteiger partial charge on any atom is 0.357 e. The first-order valence-corrected chi connectivity index (χ1v) is 5.76. The van der Waals surface area contributed by atoms with Crippen LogP contribution in [-0.2, 0) is 11.3 Å². The third-order valence-corrected chi connectivity index (χ3v) is 2.60. The zero-order valence-corrected chi connectivity index (χ0v) is 10.5. The van der Waals surface area contributed by atoms with Gasteiger partial charge < -0.3 is 10.5 Å². The van der Waals surface area contributed by atoms with E-state index in [0.717, 1.165) is 6.07 Å².